The third-order valence-electron chi connectivity index (χ3n) is 4.03. The van der Waals surface area contributed by atoms with Gasteiger partial charge < -0.3 is 11.1 Å². The molecule has 0 amide bonds. The highest BCUT2D eigenvalue weighted by atomic mass is 15.3. The van der Waals surface area contributed by atoms with E-state index in [1.54, 1.807) is 0 Å². The Bertz CT molecular complexity index is 932. The van der Waals surface area contributed by atoms with Crippen LogP contribution in [0.4, 0.5) is 11.6 Å². The molecule has 0 radical (unpaired) electrons. The number of nitriles is 1. The molecule has 0 aliphatic rings. The van der Waals surface area contributed by atoms with Gasteiger partial charge in [0.25, 0.3) is 0 Å². The van der Waals surface area contributed by atoms with E-state index >= 15 is 0 Å². The van der Waals surface area contributed by atoms with Gasteiger partial charge in [0, 0.05) is 30.4 Å². The van der Waals surface area contributed by atoms with E-state index in [4.69, 9.17) is 5.73 Å². The summed E-state index contributed by atoms with van der Waals surface area (Å²) in [6.45, 7) is 6.45. The molecule has 0 saturated carbocycles. The van der Waals surface area contributed by atoms with Crippen LogP contribution in [0, 0.1) is 32.1 Å². The summed E-state index contributed by atoms with van der Waals surface area (Å²) in [6.07, 6.45) is 2.58. The van der Waals surface area contributed by atoms with Crippen molar-refractivity contribution in [1.82, 2.24) is 19.6 Å². The predicted molar refractivity (Wildman–Crippen MR) is 92.8 cm³/mol. The van der Waals surface area contributed by atoms with Crippen LogP contribution in [0.1, 0.15) is 28.1 Å². The number of nitrogens with two attached hydrogens (primary N) is 1. The van der Waals surface area contributed by atoms with E-state index in [0.29, 0.717) is 29.4 Å². The Balaban J connectivity index is 1.87. The van der Waals surface area contributed by atoms with Crippen LogP contribution in [0.5, 0.6) is 0 Å². The van der Waals surface area contributed by atoms with Crippen molar-refractivity contribution in [3.8, 4) is 6.07 Å². The minimum absolute atomic E-state index is 0.301. The number of rotatable bonds is 4. The van der Waals surface area contributed by atoms with E-state index in [1.807, 2.05) is 39.1 Å². The number of anilines is 2. The van der Waals surface area contributed by atoms with Crippen LogP contribution in [0.2, 0.25) is 0 Å². The van der Waals surface area contributed by atoms with Crippen molar-refractivity contribution in [2.45, 2.75) is 27.2 Å². The van der Waals surface area contributed by atoms with Crippen LogP contribution >= 0.6 is 0 Å². The molecule has 0 aliphatic heterocycles. The topological polar surface area (TPSA) is 105 Å². The number of nitrogen functional groups attached to an aromatic ring is 1. The summed E-state index contributed by atoms with van der Waals surface area (Å²) in [7, 11) is 0. The van der Waals surface area contributed by atoms with Crippen molar-refractivity contribution < 1.29 is 0 Å². The zero-order valence-electron chi connectivity index (χ0n) is 14.0. The molecule has 0 aromatic carbocycles. The first-order chi connectivity index (χ1) is 11.5. The molecule has 3 N–H and O–H groups in total. The number of pyridine rings is 1. The van der Waals surface area contributed by atoms with E-state index in [0.717, 1.165) is 28.9 Å². The standard InChI is InChI=1S/C17H19N7/c1-10-4-5-13(21-9-10)6-7-20-16-14(8-18)15(19)24-17(22-16)11(2)12(3)23-24/h4-5,9H,6-7,19H2,1-3H3,(H,20,22). The lowest BCUT2D eigenvalue weighted by molar-refractivity contribution is 0.915. The lowest BCUT2D eigenvalue weighted by Crippen LogP contribution is -2.12. The van der Waals surface area contributed by atoms with Gasteiger partial charge in [-0.2, -0.15) is 14.9 Å². The monoisotopic (exact) mass is 321 g/mol. The van der Waals surface area contributed by atoms with Crippen molar-refractivity contribution in [3.05, 3.63) is 46.4 Å². The summed E-state index contributed by atoms with van der Waals surface area (Å²) in [4.78, 5) is 8.91. The molecule has 0 unspecified atom stereocenters. The maximum absolute atomic E-state index is 9.42. The van der Waals surface area contributed by atoms with Gasteiger partial charge in [-0.25, -0.2) is 4.98 Å². The molecule has 24 heavy (non-hydrogen) atoms. The summed E-state index contributed by atoms with van der Waals surface area (Å²) >= 11 is 0. The highest BCUT2D eigenvalue weighted by molar-refractivity contribution is 5.69. The summed E-state index contributed by atoms with van der Waals surface area (Å²) in [5, 5.41) is 17.0. The highest BCUT2D eigenvalue weighted by Gasteiger charge is 2.16. The van der Waals surface area contributed by atoms with Crippen molar-refractivity contribution in [3.63, 3.8) is 0 Å². The summed E-state index contributed by atoms with van der Waals surface area (Å²) in [5.74, 6) is 0.785. The first-order valence-electron chi connectivity index (χ1n) is 7.72. The molecule has 0 spiro atoms. The van der Waals surface area contributed by atoms with E-state index in [-0.39, 0.29) is 0 Å². The van der Waals surface area contributed by atoms with Crippen molar-refractivity contribution in [2.24, 2.45) is 0 Å². The molecule has 3 aromatic heterocycles. The number of hydrogen-bond acceptors (Lipinski definition) is 6. The molecule has 0 aliphatic carbocycles. The Morgan fingerprint density at radius 1 is 1.29 bits per heavy atom. The first-order valence-corrected chi connectivity index (χ1v) is 7.72. The fraction of sp³-hybridized carbons (Fsp3) is 0.294. The Hall–Kier alpha value is -3.14. The molecule has 3 aromatic rings. The molecule has 0 atom stereocenters. The fourth-order valence-electron chi connectivity index (χ4n) is 2.47. The van der Waals surface area contributed by atoms with Crippen LogP contribution < -0.4 is 11.1 Å². The van der Waals surface area contributed by atoms with Crippen molar-refractivity contribution >= 4 is 17.3 Å². The maximum Gasteiger partial charge on any atom is 0.162 e. The average molecular weight is 321 g/mol. The minimum Gasteiger partial charge on any atom is -0.382 e. The van der Waals surface area contributed by atoms with Crippen LogP contribution in [-0.2, 0) is 6.42 Å². The normalized spacial score (nSPS) is 10.8. The van der Waals surface area contributed by atoms with Gasteiger partial charge in [0.1, 0.15) is 23.3 Å². The number of hydrogen-bond donors (Lipinski definition) is 2. The molecular formula is C17H19N7. The van der Waals surface area contributed by atoms with Gasteiger partial charge in [0.05, 0.1) is 5.69 Å². The molecule has 3 heterocycles. The summed E-state index contributed by atoms with van der Waals surface area (Å²) < 4.78 is 1.52. The van der Waals surface area contributed by atoms with Crippen molar-refractivity contribution in [1.29, 1.82) is 5.26 Å². The SMILES string of the molecule is Cc1ccc(CCNc2nc3c(C)c(C)nn3c(N)c2C#N)nc1. The minimum atomic E-state index is 0.301. The van der Waals surface area contributed by atoms with Gasteiger partial charge in [-0.15, -0.1) is 0 Å². The van der Waals surface area contributed by atoms with Gasteiger partial charge >= 0.3 is 0 Å². The molecule has 7 heteroatoms. The zero-order chi connectivity index (χ0) is 17.3. The predicted octanol–water partition coefficient (Wildman–Crippen LogP) is 2.16. The third kappa shape index (κ3) is 2.74. The van der Waals surface area contributed by atoms with Crippen molar-refractivity contribution in [2.75, 3.05) is 17.6 Å². The second-order valence-electron chi connectivity index (χ2n) is 5.78. The second kappa shape index (κ2) is 6.16. The van der Waals surface area contributed by atoms with Crippen LogP contribution in [0.3, 0.4) is 0 Å². The Morgan fingerprint density at radius 3 is 2.75 bits per heavy atom. The van der Waals surface area contributed by atoms with Gasteiger partial charge in [0.2, 0.25) is 0 Å². The average Bonchev–Trinajstić information content (AvgIpc) is 2.85. The number of fused-ring (bicyclic) bond motifs is 1. The van der Waals surface area contributed by atoms with Crippen LogP contribution in [0.25, 0.3) is 5.65 Å². The maximum atomic E-state index is 9.42. The van der Waals surface area contributed by atoms with E-state index in [2.05, 4.69) is 26.5 Å². The van der Waals surface area contributed by atoms with Gasteiger partial charge in [-0.05, 0) is 32.4 Å². The number of aryl methyl sites for hydroxylation is 3. The van der Waals surface area contributed by atoms with E-state index in [9.17, 15) is 5.26 Å². The number of nitrogens with zero attached hydrogens (tertiary/aromatic N) is 5. The van der Waals surface area contributed by atoms with Crippen LogP contribution in [-0.4, -0.2) is 26.1 Å². The largest absolute Gasteiger partial charge is 0.382 e. The van der Waals surface area contributed by atoms with Gasteiger partial charge in [0.15, 0.2) is 5.65 Å². The Labute approximate surface area is 140 Å². The Kier molecular flexibility index (Phi) is 4.04. The number of aromatic nitrogens is 4. The molecule has 0 saturated heterocycles. The lowest BCUT2D eigenvalue weighted by Gasteiger charge is -2.10. The summed E-state index contributed by atoms with van der Waals surface area (Å²) in [6, 6.07) is 6.14. The number of nitrogens with one attached hydrogen (secondary N) is 1. The van der Waals surface area contributed by atoms with Gasteiger partial charge in [-0.1, -0.05) is 6.07 Å². The Morgan fingerprint density at radius 2 is 2.08 bits per heavy atom. The van der Waals surface area contributed by atoms with E-state index < -0.39 is 0 Å². The highest BCUT2D eigenvalue weighted by Crippen LogP contribution is 2.24. The zero-order valence-corrected chi connectivity index (χ0v) is 14.0. The quantitative estimate of drug-likeness (QED) is 0.763. The molecule has 0 bridgehead atoms. The smallest absolute Gasteiger partial charge is 0.162 e. The van der Waals surface area contributed by atoms with Crippen LogP contribution in [0.15, 0.2) is 18.3 Å². The molecule has 3 rings (SSSR count). The molecular weight excluding hydrogens is 302 g/mol. The fourth-order valence-corrected chi connectivity index (χ4v) is 2.47. The van der Waals surface area contributed by atoms with Gasteiger partial charge in [-0.3, -0.25) is 4.98 Å². The molecule has 7 nitrogen and oxygen atoms in total. The lowest BCUT2D eigenvalue weighted by atomic mass is 10.2. The third-order valence-corrected chi connectivity index (χ3v) is 4.03. The second-order valence-corrected chi connectivity index (χ2v) is 5.78. The first kappa shape index (κ1) is 15.7. The summed E-state index contributed by atoms with van der Waals surface area (Å²) in [5.41, 5.74) is 11.0. The molecule has 0 fully saturated rings. The van der Waals surface area contributed by atoms with E-state index in [1.165, 1.54) is 4.52 Å². The molecule has 122 valence electrons.